The fourth-order valence-electron chi connectivity index (χ4n) is 2.28. The van der Waals surface area contributed by atoms with E-state index in [0.29, 0.717) is 12.5 Å². The lowest BCUT2D eigenvalue weighted by atomic mass is 10.1. The Bertz CT molecular complexity index is 664. The third kappa shape index (κ3) is 6.35. The molecule has 0 aliphatic rings. The minimum atomic E-state index is -0.233. The van der Waals surface area contributed by atoms with E-state index in [-0.39, 0.29) is 29.8 Å². The first-order chi connectivity index (χ1) is 11.2. The summed E-state index contributed by atoms with van der Waals surface area (Å²) in [6.45, 7) is 1.25. The van der Waals surface area contributed by atoms with E-state index in [2.05, 4.69) is 15.6 Å². The maximum atomic E-state index is 13.1. The number of methoxy groups -OCH3 is 1. The highest BCUT2D eigenvalue weighted by Crippen LogP contribution is 2.17. The van der Waals surface area contributed by atoms with Crippen LogP contribution in [-0.2, 0) is 13.0 Å². The molecule has 0 fully saturated rings. The average molecular weight is 443 g/mol. The van der Waals surface area contributed by atoms with Gasteiger partial charge in [0, 0.05) is 20.1 Å². The first kappa shape index (κ1) is 20.2. The molecule has 0 radical (unpaired) electrons. The summed E-state index contributed by atoms with van der Waals surface area (Å²) in [5, 5.41) is 6.41. The van der Waals surface area contributed by atoms with Gasteiger partial charge in [-0.2, -0.15) is 0 Å². The predicted octanol–water partition coefficient (Wildman–Crippen LogP) is 3.36. The van der Waals surface area contributed by atoms with E-state index in [4.69, 9.17) is 4.74 Å². The van der Waals surface area contributed by atoms with E-state index in [9.17, 15) is 4.39 Å². The third-order valence-corrected chi connectivity index (χ3v) is 3.45. The second-order valence-electron chi connectivity index (χ2n) is 5.04. The van der Waals surface area contributed by atoms with Gasteiger partial charge in [-0.05, 0) is 35.7 Å². The molecule has 0 spiro atoms. The number of guanidine groups is 1. The van der Waals surface area contributed by atoms with Gasteiger partial charge in [0.15, 0.2) is 5.96 Å². The summed E-state index contributed by atoms with van der Waals surface area (Å²) in [5.41, 5.74) is 2.01. The molecule has 130 valence electrons. The SMILES string of the molecule is CN=C(NCCc1ccccc1OC)NCc1cccc(F)c1.I. The monoisotopic (exact) mass is 443 g/mol. The van der Waals surface area contributed by atoms with Crippen LogP contribution in [0.5, 0.6) is 5.75 Å². The van der Waals surface area contributed by atoms with Gasteiger partial charge in [-0.25, -0.2) is 4.39 Å². The van der Waals surface area contributed by atoms with Gasteiger partial charge in [-0.3, -0.25) is 4.99 Å². The van der Waals surface area contributed by atoms with Crippen LogP contribution in [0.2, 0.25) is 0 Å². The van der Waals surface area contributed by atoms with Gasteiger partial charge in [0.2, 0.25) is 0 Å². The van der Waals surface area contributed by atoms with Gasteiger partial charge < -0.3 is 15.4 Å². The van der Waals surface area contributed by atoms with Crippen LogP contribution in [0.4, 0.5) is 4.39 Å². The topological polar surface area (TPSA) is 45.7 Å². The quantitative estimate of drug-likeness (QED) is 0.409. The van der Waals surface area contributed by atoms with Gasteiger partial charge in [-0.1, -0.05) is 30.3 Å². The Balaban J connectivity index is 0.00000288. The molecule has 0 aliphatic heterocycles. The van der Waals surface area contributed by atoms with Crippen molar-refractivity contribution in [1.29, 1.82) is 0 Å². The highest BCUT2D eigenvalue weighted by Gasteiger charge is 2.03. The molecular weight excluding hydrogens is 420 g/mol. The number of benzene rings is 2. The van der Waals surface area contributed by atoms with Crippen LogP contribution in [0, 0.1) is 5.82 Å². The number of ether oxygens (including phenoxy) is 1. The van der Waals surface area contributed by atoms with E-state index < -0.39 is 0 Å². The highest BCUT2D eigenvalue weighted by molar-refractivity contribution is 14.0. The number of aliphatic imine (C=N–C) groups is 1. The molecule has 0 heterocycles. The largest absolute Gasteiger partial charge is 0.496 e. The summed E-state index contributed by atoms with van der Waals surface area (Å²) in [7, 11) is 3.38. The van der Waals surface area contributed by atoms with Crippen molar-refractivity contribution >= 4 is 29.9 Å². The molecule has 0 saturated heterocycles. The predicted molar refractivity (Wildman–Crippen MR) is 107 cm³/mol. The molecule has 2 N–H and O–H groups in total. The lowest BCUT2D eigenvalue weighted by Crippen LogP contribution is -2.37. The lowest BCUT2D eigenvalue weighted by molar-refractivity contribution is 0.409. The van der Waals surface area contributed by atoms with Crippen molar-refractivity contribution < 1.29 is 9.13 Å². The van der Waals surface area contributed by atoms with E-state index in [0.717, 1.165) is 29.8 Å². The Kier molecular flexibility index (Phi) is 9.14. The average Bonchev–Trinajstić information content (AvgIpc) is 2.58. The lowest BCUT2D eigenvalue weighted by Gasteiger charge is -2.13. The van der Waals surface area contributed by atoms with Crippen LogP contribution in [-0.4, -0.2) is 26.7 Å². The smallest absolute Gasteiger partial charge is 0.191 e. The summed E-state index contributed by atoms with van der Waals surface area (Å²) < 4.78 is 18.5. The van der Waals surface area contributed by atoms with Crippen molar-refractivity contribution in [2.75, 3.05) is 20.7 Å². The Morgan fingerprint density at radius 2 is 1.92 bits per heavy atom. The number of hydrogen-bond acceptors (Lipinski definition) is 2. The molecule has 0 aliphatic carbocycles. The molecule has 0 unspecified atom stereocenters. The molecule has 2 aromatic rings. The normalized spacial score (nSPS) is 10.7. The Labute approximate surface area is 159 Å². The van der Waals surface area contributed by atoms with Crippen LogP contribution in [0.3, 0.4) is 0 Å². The van der Waals surface area contributed by atoms with Gasteiger partial charge in [0.25, 0.3) is 0 Å². The van der Waals surface area contributed by atoms with Crippen molar-refractivity contribution in [3.8, 4) is 5.75 Å². The molecule has 0 atom stereocenters. The van der Waals surface area contributed by atoms with Crippen LogP contribution in [0.25, 0.3) is 0 Å². The maximum absolute atomic E-state index is 13.1. The Hall–Kier alpha value is -1.83. The van der Waals surface area contributed by atoms with E-state index in [1.807, 2.05) is 30.3 Å². The molecule has 2 rings (SSSR count). The number of para-hydroxylation sites is 1. The van der Waals surface area contributed by atoms with Gasteiger partial charge in [-0.15, -0.1) is 24.0 Å². The van der Waals surface area contributed by atoms with E-state index in [1.165, 1.54) is 12.1 Å². The first-order valence-corrected chi connectivity index (χ1v) is 7.54. The van der Waals surface area contributed by atoms with Gasteiger partial charge in [0.05, 0.1) is 7.11 Å². The fourth-order valence-corrected chi connectivity index (χ4v) is 2.28. The van der Waals surface area contributed by atoms with Crippen molar-refractivity contribution in [3.63, 3.8) is 0 Å². The Morgan fingerprint density at radius 1 is 1.12 bits per heavy atom. The second-order valence-corrected chi connectivity index (χ2v) is 5.04. The Morgan fingerprint density at radius 3 is 2.62 bits per heavy atom. The molecule has 24 heavy (non-hydrogen) atoms. The number of halogens is 2. The van der Waals surface area contributed by atoms with Gasteiger partial charge in [0.1, 0.15) is 11.6 Å². The third-order valence-electron chi connectivity index (χ3n) is 3.45. The standard InChI is InChI=1S/C18H22FN3O.HI/c1-20-18(22-13-14-6-5-8-16(19)12-14)21-11-10-15-7-3-4-9-17(15)23-2;/h3-9,12H,10-11,13H2,1-2H3,(H2,20,21,22);1H. The number of rotatable bonds is 6. The number of nitrogens with one attached hydrogen (secondary N) is 2. The van der Waals surface area contributed by atoms with Crippen LogP contribution >= 0.6 is 24.0 Å². The summed E-state index contributed by atoms with van der Waals surface area (Å²) >= 11 is 0. The molecule has 0 bridgehead atoms. The molecule has 4 nitrogen and oxygen atoms in total. The summed E-state index contributed by atoms with van der Waals surface area (Å²) in [5.74, 6) is 1.34. The van der Waals surface area contributed by atoms with Crippen LogP contribution in [0.1, 0.15) is 11.1 Å². The van der Waals surface area contributed by atoms with E-state index in [1.54, 1.807) is 20.2 Å². The minimum absolute atomic E-state index is 0. The zero-order valence-electron chi connectivity index (χ0n) is 13.9. The summed E-state index contributed by atoms with van der Waals surface area (Å²) in [4.78, 5) is 4.17. The van der Waals surface area contributed by atoms with Crippen molar-refractivity contribution in [2.45, 2.75) is 13.0 Å². The molecular formula is C18H23FIN3O. The maximum Gasteiger partial charge on any atom is 0.191 e. The molecule has 0 saturated carbocycles. The molecule has 6 heteroatoms. The van der Waals surface area contributed by atoms with Crippen LogP contribution < -0.4 is 15.4 Å². The van der Waals surface area contributed by atoms with Crippen molar-refractivity contribution in [3.05, 3.63) is 65.5 Å². The van der Waals surface area contributed by atoms with Crippen LogP contribution in [0.15, 0.2) is 53.5 Å². The number of hydrogen-bond donors (Lipinski definition) is 2. The zero-order chi connectivity index (χ0) is 16.5. The molecule has 0 aromatic heterocycles. The van der Waals surface area contributed by atoms with Gasteiger partial charge >= 0.3 is 0 Å². The first-order valence-electron chi connectivity index (χ1n) is 7.54. The molecule has 0 amide bonds. The van der Waals surface area contributed by atoms with Crippen molar-refractivity contribution in [1.82, 2.24) is 10.6 Å². The van der Waals surface area contributed by atoms with Crippen molar-refractivity contribution in [2.24, 2.45) is 4.99 Å². The minimum Gasteiger partial charge on any atom is -0.496 e. The van der Waals surface area contributed by atoms with E-state index >= 15 is 0 Å². The summed E-state index contributed by atoms with van der Waals surface area (Å²) in [6, 6.07) is 14.5. The fraction of sp³-hybridized carbons (Fsp3) is 0.278. The molecule has 2 aromatic carbocycles. The highest BCUT2D eigenvalue weighted by atomic mass is 127. The zero-order valence-corrected chi connectivity index (χ0v) is 16.2. The number of nitrogens with zero attached hydrogens (tertiary/aromatic N) is 1. The summed E-state index contributed by atoms with van der Waals surface area (Å²) in [6.07, 6.45) is 0.824. The second kappa shape index (κ2) is 10.9.